The van der Waals surface area contributed by atoms with E-state index >= 15 is 0 Å². The summed E-state index contributed by atoms with van der Waals surface area (Å²) in [5, 5.41) is 0. The lowest BCUT2D eigenvalue weighted by molar-refractivity contribution is -0.167. The Labute approximate surface area is 399 Å². The predicted octanol–water partition coefficient (Wildman–Crippen LogP) is 19.0. The molecule has 0 amide bonds. The van der Waals surface area contributed by atoms with E-state index in [1.54, 1.807) is 0 Å². The summed E-state index contributed by atoms with van der Waals surface area (Å²) in [6, 6.07) is 0. The van der Waals surface area contributed by atoms with Gasteiger partial charge in [0, 0.05) is 19.3 Å². The molecule has 64 heavy (non-hydrogen) atoms. The number of unbranched alkanes of at least 4 members (excludes halogenated alkanes) is 40. The monoisotopic (exact) mass is 905 g/mol. The number of ether oxygens (including phenoxy) is 3. The molecule has 0 rings (SSSR count). The first kappa shape index (κ1) is 62.4. The van der Waals surface area contributed by atoms with Crippen LogP contribution in [-0.4, -0.2) is 37.2 Å². The summed E-state index contributed by atoms with van der Waals surface area (Å²) < 4.78 is 16.9. The van der Waals surface area contributed by atoms with E-state index in [0.717, 1.165) is 63.7 Å². The lowest BCUT2D eigenvalue weighted by Crippen LogP contribution is -2.30. The molecule has 0 radical (unpaired) electrons. The molecule has 6 heteroatoms. The molecule has 6 nitrogen and oxygen atoms in total. The second-order valence-corrected chi connectivity index (χ2v) is 20.4. The molecule has 0 heterocycles. The van der Waals surface area contributed by atoms with Gasteiger partial charge in [0.15, 0.2) is 6.10 Å². The molecular weight excluding hydrogens is 793 g/mol. The van der Waals surface area contributed by atoms with Crippen molar-refractivity contribution in [1.82, 2.24) is 0 Å². The van der Waals surface area contributed by atoms with Gasteiger partial charge in [0.2, 0.25) is 0 Å². The molecule has 0 aliphatic rings. The zero-order valence-electron chi connectivity index (χ0n) is 43.8. The van der Waals surface area contributed by atoms with Crippen molar-refractivity contribution in [2.24, 2.45) is 5.92 Å². The molecule has 1 atom stereocenters. The molecule has 0 spiro atoms. The molecule has 380 valence electrons. The van der Waals surface area contributed by atoms with E-state index in [1.165, 1.54) is 225 Å². The number of esters is 3. The van der Waals surface area contributed by atoms with Gasteiger partial charge in [-0.3, -0.25) is 14.4 Å². The fourth-order valence-electron chi connectivity index (χ4n) is 8.92. The summed E-state index contributed by atoms with van der Waals surface area (Å²) in [6.07, 6.45) is 56.6. The van der Waals surface area contributed by atoms with Crippen LogP contribution >= 0.6 is 0 Å². The smallest absolute Gasteiger partial charge is 0.306 e. The SMILES string of the molecule is CCCCCCCCCCCCCCCCCCCCCC(=O)O[C@H](COC(=O)CCCCCCCCCCCCCCC)COC(=O)CCCCCCCCCCCCCC(C)C. The quantitative estimate of drug-likeness (QED) is 0.0344. The van der Waals surface area contributed by atoms with Gasteiger partial charge in [-0.2, -0.15) is 0 Å². The highest BCUT2D eigenvalue weighted by atomic mass is 16.6. The van der Waals surface area contributed by atoms with E-state index < -0.39 is 6.10 Å². The average molecular weight is 906 g/mol. The average Bonchev–Trinajstić information content (AvgIpc) is 3.28. The first-order valence-corrected chi connectivity index (χ1v) is 28.9. The van der Waals surface area contributed by atoms with Gasteiger partial charge < -0.3 is 14.2 Å². The van der Waals surface area contributed by atoms with Crippen LogP contribution in [0.2, 0.25) is 0 Å². The van der Waals surface area contributed by atoms with E-state index in [-0.39, 0.29) is 31.1 Å². The molecule has 0 unspecified atom stereocenters. The van der Waals surface area contributed by atoms with Crippen LogP contribution in [0.1, 0.15) is 329 Å². The second kappa shape index (κ2) is 52.4. The van der Waals surface area contributed by atoms with Gasteiger partial charge in [-0.25, -0.2) is 0 Å². The predicted molar refractivity (Wildman–Crippen MR) is 275 cm³/mol. The Bertz CT molecular complexity index is 964. The molecule has 0 fully saturated rings. The van der Waals surface area contributed by atoms with Crippen LogP contribution in [0, 0.1) is 5.92 Å². The van der Waals surface area contributed by atoms with Crippen molar-refractivity contribution >= 4 is 17.9 Å². The fourth-order valence-corrected chi connectivity index (χ4v) is 8.92. The minimum Gasteiger partial charge on any atom is -0.462 e. The second-order valence-electron chi connectivity index (χ2n) is 20.4. The van der Waals surface area contributed by atoms with Crippen LogP contribution in [0.5, 0.6) is 0 Å². The van der Waals surface area contributed by atoms with Crippen molar-refractivity contribution in [2.45, 2.75) is 336 Å². The number of carbonyl (C=O) groups is 3. The summed E-state index contributed by atoms with van der Waals surface area (Å²) in [5.41, 5.74) is 0. The van der Waals surface area contributed by atoms with Crippen LogP contribution in [0.3, 0.4) is 0 Å². The van der Waals surface area contributed by atoms with Gasteiger partial charge in [0.1, 0.15) is 13.2 Å². The van der Waals surface area contributed by atoms with Crippen LogP contribution in [0.25, 0.3) is 0 Å². The normalized spacial score (nSPS) is 12.0. The summed E-state index contributed by atoms with van der Waals surface area (Å²) in [7, 11) is 0. The summed E-state index contributed by atoms with van der Waals surface area (Å²) in [5.74, 6) is -0.00966. The fraction of sp³-hybridized carbons (Fsp3) is 0.948. The number of carbonyl (C=O) groups excluding carboxylic acids is 3. The molecule has 0 bridgehead atoms. The van der Waals surface area contributed by atoms with E-state index in [4.69, 9.17) is 14.2 Å². The van der Waals surface area contributed by atoms with Crippen molar-refractivity contribution in [1.29, 1.82) is 0 Å². The Kier molecular flexibility index (Phi) is 51.1. The minimum absolute atomic E-state index is 0.0621. The third-order valence-corrected chi connectivity index (χ3v) is 13.3. The summed E-state index contributed by atoms with van der Waals surface area (Å²) in [6.45, 7) is 9.05. The lowest BCUT2D eigenvalue weighted by Gasteiger charge is -2.18. The Balaban J connectivity index is 4.28. The Morgan fingerprint density at radius 2 is 0.516 bits per heavy atom. The van der Waals surface area contributed by atoms with Crippen LogP contribution in [0.4, 0.5) is 0 Å². The highest BCUT2D eigenvalue weighted by Gasteiger charge is 2.19. The molecule has 0 N–H and O–H groups in total. The first-order chi connectivity index (χ1) is 31.4. The van der Waals surface area contributed by atoms with E-state index in [2.05, 4.69) is 27.7 Å². The highest BCUT2D eigenvalue weighted by Crippen LogP contribution is 2.18. The maximum atomic E-state index is 12.9. The molecule has 0 aliphatic heterocycles. The lowest BCUT2D eigenvalue weighted by atomic mass is 10.0. The molecule has 0 aromatic heterocycles. The van der Waals surface area contributed by atoms with Crippen LogP contribution < -0.4 is 0 Å². The number of hydrogen-bond acceptors (Lipinski definition) is 6. The van der Waals surface area contributed by atoms with Crippen LogP contribution in [-0.2, 0) is 28.6 Å². The highest BCUT2D eigenvalue weighted by molar-refractivity contribution is 5.71. The Morgan fingerprint density at radius 3 is 0.766 bits per heavy atom. The van der Waals surface area contributed by atoms with Gasteiger partial charge in [-0.15, -0.1) is 0 Å². The maximum absolute atomic E-state index is 12.9. The standard InChI is InChI=1S/C58H112O6/c1-5-7-9-11-13-15-17-19-20-21-22-23-24-26-30-35-39-43-47-51-58(61)64-55(52-62-56(59)49-45-41-37-33-29-25-18-16-14-12-10-8-6-2)53-63-57(60)50-46-42-38-34-31-27-28-32-36-40-44-48-54(3)4/h54-55H,5-53H2,1-4H3/t55-/m1/s1. The largest absolute Gasteiger partial charge is 0.462 e. The van der Waals surface area contributed by atoms with E-state index in [9.17, 15) is 14.4 Å². The van der Waals surface area contributed by atoms with E-state index in [1.807, 2.05) is 0 Å². The molecular formula is C58H112O6. The zero-order chi connectivity index (χ0) is 46.7. The van der Waals surface area contributed by atoms with Crippen molar-refractivity contribution in [2.75, 3.05) is 13.2 Å². The Morgan fingerprint density at radius 1 is 0.297 bits per heavy atom. The molecule has 0 aliphatic carbocycles. The first-order valence-electron chi connectivity index (χ1n) is 28.9. The van der Waals surface area contributed by atoms with Gasteiger partial charge in [0.05, 0.1) is 0 Å². The Hall–Kier alpha value is -1.59. The van der Waals surface area contributed by atoms with Gasteiger partial charge in [-0.05, 0) is 25.2 Å². The number of hydrogen-bond donors (Lipinski definition) is 0. The van der Waals surface area contributed by atoms with Crippen molar-refractivity contribution in [3.8, 4) is 0 Å². The van der Waals surface area contributed by atoms with E-state index in [0.29, 0.717) is 19.3 Å². The van der Waals surface area contributed by atoms with Crippen molar-refractivity contribution in [3.05, 3.63) is 0 Å². The summed E-state index contributed by atoms with van der Waals surface area (Å²) >= 11 is 0. The molecule has 0 aromatic carbocycles. The molecule has 0 aromatic rings. The van der Waals surface area contributed by atoms with Gasteiger partial charge >= 0.3 is 17.9 Å². The minimum atomic E-state index is -0.762. The van der Waals surface area contributed by atoms with Gasteiger partial charge in [-0.1, -0.05) is 291 Å². The van der Waals surface area contributed by atoms with Crippen molar-refractivity contribution in [3.63, 3.8) is 0 Å². The van der Waals surface area contributed by atoms with Crippen molar-refractivity contribution < 1.29 is 28.6 Å². The topological polar surface area (TPSA) is 78.9 Å². The summed E-state index contributed by atoms with van der Waals surface area (Å²) in [4.78, 5) is 38.1. The maximum Gasteiger partial charge on any atom is 0.306 e. The van der Waals surface area contributed by atoms with Gasteiger partial charge in [0.25, 0.3) is 0 Å². The zero-order valence-corrected chi connectivity index (χ0v) is 43.8. The molecule has 0 saturated heterocycles. The number of rotatable bonds is 53. The molecule has 0 saturated carbocycles. The third kappa shape index (κ3) is 51.4. The third-order valence-electron chi connectivity index (χ3n) is 13.3. The van der Waals surface area contributed by atoms with Crippen LogP contribution in [0.15, 0.2) is 0 Å².